The van der Waals surface area contributed by atoms with Crippen molar-refractivity contribution in [3.63, 3.8) is 0 Å². The minimum Gasteiger partial charge on any atom is -0.395 e. The Bertz CT molecular complexity index is 439. The Labute approximate surface area is 122 Å². The van der Waals surface area contributed by atoms with Crippen LogP contribution >= 0.6 is 15.9 Å². The standard InChI is InChI=1S/C14H21BrN2O2/c1-2-16-10-11(15)9-13(16)14(19)17(7-8-18)12-5-3-4-6-12/h9-10,12,18H,2-8H2,1H3. The average Bonchev–Trinajstić information content (AvgIpc) is 3.04. The van der Waals surface area contributed by atoms with E-state index in [4.69, 9.17) is 0 Å². The number of hydrogen-bond donors (Lipinski definition) is 1. The predicted octanol–water partition coefficient (Wildman–Crippen LogP) is 2.65. The maximum absolute atomic E-state index is 12.7. The summed E-state index contributed by atoms with van der Waals surface area (Å²) in [5, 5.41) is 9.21. The van der Waals surface area contributed by atoms with Crippen LogP contribution in [0.15, 0.2) is 16.7 Å². The highest BCUT2D eigenvalue weighted by atomic mass is 79.9. The number of amides is 1. The molecule has 106 valence electrons. The van der Waals surface area contributed by atoms with Crippen molar-refractivity contribution in [3.8, 4) is 0 Å². The van der Waals surface area contributed by atoms with Gasteiger partial charge in [0.15, 0.2) is 0 Å². The highest BCUT2D eigenvalue weighted by molar-refractivity contribution is 9.10. The Morgan fingerprint density at radius 2 is 2.21 bits per heavy atom. The second kappa shape index (κ2) is 6.57. The van der Waals surface area contributed by atoms with Crippen molar-refractivity contribution >= 4 is 21.8 Å². The van der Waals surface area contributed by atoms with Crippen LogP contribution in [-0.4, -0.2) is 39.7 Å². The topological polar surface area (TPSA) is 45.5 Å². The predicted molar refractivity (Wildman–Crippen MR) is 78.2 cm³/mol. The lowest BCUT2D eigenvalue weighted by Crippen LogP contribution is -2.41. The van der Waals surface area contributed by atoms with Crippen LogP contribution in [0.2, 0.25) is 0 Å². The molecule has 5 heteroatoms. The van der Waals surface area contributed by atoms with E-state index in [1.165, 1.54) is 12.8 Å². The van der Waals surface area contributed by atoms with Gasteiger partial charge >= 0.3 is 0 Å². The van der Waals surface area contributed by atoms with Gasteiger partial charge in [-0.3, -0.25) is 4.79 Å². The van der Waals surface area contributed by atoms with Crippen molar-refractivity contribution in [2.75, 3.05) is 13.2 Å². The zero-order chi connectivity index (χ0) is 13.8. The van der Waals surface area contributed by atoms with Gasteiger partial charge in [0, 0.05) is 29.8 Å². The summed E-state index contributed by atoms with van der Waals surface area (Å²) in [6.07, 6.45) is 6.40. The minimum absolute atomic E-state index is 0.0241. The molecule has 0 saturated heterocycles. The van der Waals surface area contributed by atoms with Crippen LogP contribution < -0.4 is 0 Å². The van der Waals surface area contributed by atoms with Crippen LogP contribution in [0.1, 0.15) is 43.1 Å². The van der Waals surface area contributed by atoms with Gasteiger partial charge in [-0.25, -0.2) is 0 Å². The summed E-state index contributed by atoms with van der Waals surface area (Å²) in [7, 11) is 0. The fraction of sp³-hybridized carbons (Fsp3) is 0.643. The largest absolute Gasteiger partial charge is 0.395 e. The van der Waals surface area contributed by atoms with E-state index in [1.54, 1.807) is 0 Å². The quantitative estimate of drug-likeness (QED) is 0.903. The van der Waals surface area contributed by atoms with Crippen LogP contribution in [0.25, 0.3) is 0 Å². The summed E-state index contributed by atoms with van der Waals surface area (Å²) in [6, 6.07) is 2.16. The van der Waals surface area contributed by atoms with E-state index in [2.05, 4.69) is 15.9 Å². The highest BCUT2D eigenvalue weighted by Crippen LogP contribution is 2.26. The number of halogens is 1. The number of aliphatic hydroxyl groups excluding tert-OH is 1. The molecule has 1 aliphatic rings. The fourth-order valence-corrected chi connectivity index (χ4v) is 3.30. The monoisotopic (exact) mass is 328 g/mol. The lowest BCUT2D eigenvalue weighted by Gasteiger charge is -2.28. The molecule has 0 unspecified atom stereocenters. The molecule has 2 rings (SSSR count). The van der Waals surface area contributed by atoms with Crippen molar-refractivity contribution in [2.24, 2.45) is 0 Å². The van der Waals surface area contributed by atoms with E-state index in [9.17, 15) is 9.90 Å². The Hall–Kier alpha value is -0.810. The van der Waals surface area contributed by atoms with Crippen LogP contribution in [-0.2, 0) is 6.54 Å². The van der Waals surface area contributed by atoms with E-state index in [1.807, 2.05) is 28.7 Å². The van der Waals surface area contributed by atoms with Gasteiger partial charge < -0.3 is 14.6 Å². The number of aliphatic hydroxyl groups is 1. The molecular formula is C14H21BrN2O2. The van der Waals surface area contributed by atoms with Crippen LogP contribution in [0.3, 0.4) is 0 Å². The summed E-state index contributed by atoms with van der Waals surface area (Å²) in [5.74, 6) is 0.0356. The first-order chi connectivity index (χ1) is 9.17. The maximum atomic E-state index is 12.7. The van der Waals surface area contributed by atoms with E-state index in [0.29, 0.717) is 18.3 Å². The fourth-order valence-electron chi connectivity index (χ4n) is 2.84. The van der Waals surface area contributed by atoms with E-state index in [0.717, 1.165) is 23.9 Å². The van der Waals surface area contributed by atoms with Crippen molar-refractivity contribution in [2.45, 2.75) is 45.2 Å². The van der Waals surface area contributed by atoms with E-state index < -0.39 is 0 Å². The van der Waals surface area contributed by atoms with Gasteiger partial charge in [0.1, 0.15) is 5.69 Å². The van der Waals surface area contributed by atoms with Gasteiger partial charge in [-0.2, -0.15) is 0 Å². The SMILES string of the molecule is CCn1cc(Br)cc1C(=O)N(CCO)C1CCCC1. The lowest BCUT2D eigenvalue weighted by atomic mass is 10.2. The summed E-state index contributed by atoms with van der Waals surface area (Å²) in [6.45, 7) is 3.24. The number of rotatable bonds is 5. The van der Waals surface area contributed by atoms with Gasteiger partial charge in [0.2, 0.25) is 0 Å². The number of aromatic nitrogens is 1. The Morgan fingerprint density at radius 1 is 1.53 bits per heavy atom. The van der Waals surface area contributed by atoms with Crippen molar-refractivity contribution in [3.05, 3.63) is 22.4 Å². The molecule has 4 nitrogen and oxygen atoms in total. The van der Waals surface area contributed by atoms with Crippen LogP contribution in [0, 0.1) is 0 Å². The summed E-state index contributed by atoms with van der Waals surface area (Å²) in [5.41, 5.74) is 0.703. The average molecular weight is 329 g/mol. The Morgan fingerprint density at radius 3 is 2.79 bits per heavy atom. The van der Waals surface area contributed by atoms with Crippen molar-refractivity contribution < 1.29 is 9.90 Å². The summed E-state index contributed by atoms with van der Waals surface area (Å²) in [4.78, 5) is 14.5. The second-order valence-electron chi connectivity index (χ2n) is 4.99. The number of hydrogen-bond acceptors (Lipinski definition) is 2. The molecule has 1 aromatic heterocycles. The molecular weight excluding hydrogens is 308 g/mol. The van der Waals surface area contributed by atoms with Gasteiger partial charge in [0.25, 0.3) is 5.91 Å². The summed E-state index contributed by atoms with van der Waals surface area (Å²) >= 11 is 3.42. The van der Waals surface area contributed by atoms with Crippen LogP contribution in [0.5, 0.6) is 0 Å². The molecule has 0 aromatic carbocycles. The molecule has 0 bridgehead atoms. The zero-order valence-electron chi connectivity index (χ0n) is 11.3. The molecule has 1 N–H and O–H groups in total. The van der Waals surface area contributed by atoms with Crippen LogP contribution in [0.4, 0.5) is 0 Å². The molecule has 1 aromatic rings. The number of carbonyl (C=O) groups is 1. The number of carbonyl (C=O) groups excluding carboxylic acids is 1. The first kappa shape index (κ1) is 14.6. The molecule has 1 heterocycles. The van der Waals surface area contributed by atoms with Crippen molar-refractivity contribution in [1.82, 2.24) is 9.47 Å². The first-order valence-electron chi connectivity index (χ1n) is 6.95. The zero-order valence-corrected chi connectivity index (χ0v) is 12.9. The second-order valence-corrected chi connectivity index (χ2v) is 5.91. The smallest absolute Gasteiger partial charge is 0.270 e. The van der Waals surface area contributed by atoms with Gasteiger partial charge in [-0.1, -0.05) is 12.8 Å². The minimum atomic E-state index is 0.0241. The van der Waals surface area contributed by atoms with Gasteiger partial charge in [0.05, 0.1) is 6.61 Å². The highest BCUT2D eigenvalue weighted by Gasteiger charge is 2.28. The maximum Gasteiger partial charge on any atom is 0.270 e. The summed E-state index contributed by atoms with van der Waals surface area (Å²) < 4.78 is 2.87. The Balaban J connectivity index is 2.22. The van der Waals surface area contributed by atoms with E-state index in [-0.39, 0.29) is 12.5 Å². The molecule has 0 spiro atoms. The molecule has 19 heavy (non-hydrogen) atoms. The molecule has 0 aliphatic heterocycles. The molecule has 1 amide bonds. The number of aryl methyl sites for hydroxylation is 1. The normalized spacial score (nSPS) is 15.9. The molecule has 1 saturated carbocycles. The third-order valence-electron chi connectivity index (χ3n) is 3.79. The third kappa shape index (κ3) is 3.20. The molecule has 1 aliphatic carbocycles. The van der Waals surface area contributed by atoms with Gasteiger partial charge in [-0.05, 0) is 41.8 Å². The van der Waals surface area contributed by atoms with Crippen molar-refractivity contribution in [1.29, 1.82) is 0 Å². The van der Waals surface area contributed by atoms with Gasteiger partial charge in [-0.15, -0.1) is 0 Å². The first-order valence-corrected chi connectivity index (χ1v) is 7.74. The Kier molecular flexibility index (Phi) is 5.05. The van der Waals surface area contributed by atoms with E-state index >= 15 is 0 Å². The molecule has 1 fully saturated rings. The third-order valence-corrected chi connectivity index (χ3v) is 4.22. The molecule has 0 atom stereocenters. The lowest BCUT2D eigenvalue weighted by molar-refractivity contribution is 0.0627. The molecule has 0 radical (unpaired) electrons. The number of nitrogens with zero attached hydrogens (tertiary/aromatic N) is 2.